The zero-order valence-electron chi connectivity index (χ0n) is 8.16. The number of ether oxygens (including phenoxy) is 1. The van der Waals surface area contributed by atoms with Crippen molar-refractivity contribution in [3.05, 3.63) is 36.0 Å². The van der Waals surface area contributed by atoms with Crippen molar-refractivity contribution in [1.82, 2.24) is 4.98 Å². The van der Waals surface area contributed by atoms with E-state index in [0.717, 1.165) is 16.5 Å². The molecule has 0 saturated carbocycles. The van der Waals surface area contributed by atoms with E-state index in [1.165, 1.54) is 0 Å². The number of benzene rings is 1. The molecule has 0 unspecified atom stereocenters. The Morgan fingerprint density at radius 1 is 1.33 bits per heavy atom. The Morgan fingerprint density at radius 3 is 2.87 bits per heavy atom. The van der Waals surface area contributed by atoms with Crippen LogP contribution in [0.2, 0.25) is 0 Å². The van der Waals surface area contributed by atoms with E-state index in [0.29, 0.717) is 13.2 Å². The normalized spacial score (nSPS) is 18.3. The molecule has 3 heteroatoms. The third kappa shape index (κ3) is 1.09. The van der Waals surface area contributed by atoms with Crippen molar-refractivity contribution in [2.24, 2.45) is 0 Å². The van der Waals surface area contributed by atoms with Gasteiger partial charge in [0, 0.05) is 11.7 Å². The van der Waals surface area contributed by atoms with Gasteiger partial charge >= 0.3 is 0 Å². The lowest BCUT2D eigenvalue weighted by Crippen LogP contribution is -2.45. The van der Waals surface area contributed by atoms with Crippen LogP contribution in [0.4, 0.5) is 0 Å². The van der Waals surface area contributed by atoms with Crippen LogP contribution >= 0.6 is 0 Å². The van der Waals surface area contributed by atoms with Crippen LogP contribution in [-0.2, 0) is 10.2 Å². The van der Waals surface area contributed by atoms with Crippen molar-refractivity contribution in [3.63, 3.8) is 0 Å². The highest BCUT2D eigenvalue weighted by Crippen LogP contribution is 2.33. The molecule has 1 aromatic carbocycles. The largest absolute Gasteiger partial charge is 0.377 e. The number of H-pyrrole nitrogens is 1. The molecule has 1 fully saturated rings. The molecule has 0 atom stereocenters. The molecule has 0 radical (unpaired) electrons. The maximum Gasteiger partial charge on any atom is 0.129 e. The molecule has 0 amide bonds. The molecule has 3 nitrogen and oxygen atoms in total. The molecule has 1 N–H and O–H groups in total. The number of nitriles is 1. The van der Waals surface area contributed by atoms with E-state index in [9.17, 15) is 5.26 Å². The SMILES string of the molecule is N#CC1(c2ccc3[nH]ccc3c2)COC1. The number of fused-ring (bicyclic) bond motifs is 1. The fourth-order valence-corrected chi connectivity index (χ4v) is 1.95. The number of nitrogens with one attached hydrogen (secondary N) is 1. The highest BCUT2D eigenvalue weighted by Gasteiger charge is 2.40. The summed E-state index contributed by atoms with van der Waals surface area (Å²) in [7, 11) is 0. The maximum absolute atomic E-state index is 9.17. The number of nitrogens with zero attached hydrogens (tertiary/aromatic N) is 1. The lowest BCUT2D eigenvalue weighted by Gasteiger charge is -2.35. The van der Waals surface area contributed by atoms with Gasteiger partial charge in [-0.3, -0.25) is 0 Å². The van der Waals surface area contributed by atoms with Gasteiger partial charge in [-0.25, -0.2) is 0 Å². The quantitative estimate of drug-likeness (QED) is 0.761. The number of hydrogen-bond donors (Lipinski definition) is 1. The molecule has 2 aromatic rings. The molecule has 2 heterocycles. The van der Waals surface area contributed by atoms with Crippen LogP contribution < -0.4 is 0 Å². The van der Waals surface area contributed by atoms with Crippen molar-refractivity contribution in [2.45, 2.75) is 5.41 Å². The molecule has 3 rings (SSSR count). The third-order valence-corrected chi connectivity index (χ3v) is 3.02. The standard InChI is InChI=1S/C12H10N2O/c13-6-12(7-15-8-12)10-1-2-11-9(5-10)3-4-14-11/h1-5,14H,7-8H2. The molecule has 74 valence electrons. The molecule has 1 saturated heterocycles. The Bertz CT molecular complexity index is 546. The van der Waals surface area contributed by atoms with Crippen molar-refractivity contribution in [1.29, 1.82) is 5.26 Å². The summed E-state index contributed by atoms with van der Waals surface area (Å²) >= 11 is 0. The van der Waals surface area contributed by atoms with Gasteiger partial charge in [0.2, 0.25) is 0 Å². The highest BCUT2D eigenvalue weighted by molar-refractivity contribution is 5.80. The predicted octanol–water partition coefficient (Wildman–Crippen LogP) is 1.96. The summed E-state index contributed by atoms with van der Waals surface area (Å²) in [6, 6.07) is 10.5. The van der Waals surface area contributed by atoms with E-state index in [4.69, 9.17) is 4.74 Å². The van der Waals surface area contributed by atoms with E-state index < -0.39 is 5.41 Å². The summed E-state index contributed by atoms with van der Waals surface area (Å²) in [6.45, 7) is 1.03. The number of aromatic nitrogens is 1. The van der Waals surface area contributed by atoms with Crippen LogP contribution in [0.25, 0.3) is 10.9 Å². The molecule has 0 spiro atoms. The van der Waals surface area contributed by atoms with Crippen LogP contribution in [0.1, 0.15) is 5.56 Å². The zero-order valence-corrected chi connectivity index (χ0v) is 8.16. The molecular weight excluding hydrogens is 188 g/mol. The van der Waals surface area contributed by atoms with E-state index in [1.54, 1.807) is 0 Å². The maximum atomic E-state index is 9.17. The first-order chi connectivity index (χ1) is 7.34. The summed E-state index contributed by atoms with van der Waals surface area (Å²) in [5.41, 5.74) is 1.75. The Balaban J connectivity index is 2.15. The second-order valence-electron chi connectivity index (χ2n) is 3.97. The minimum absolute atomic E-state index is 0.411. The Kier molecular flexibility index (Phi) is 1.62. The molecule has 15 heavy (non-hydrogen) atoms. The van der Waals surface area contributed by atoms with Gasteiger partial charge < -0.3 is 9.72 Å². The summed E-state index contributed by atoms with van der Waals surface area (Å²) < 4.78 is 5.15. The van der Waals surface area contributed by atoms with Crippen LogP contribution in [0.15, 0.2) is 30.5 Å². The van der Waals surface area contributed by atoms with Gasteiger partial charge in [-0.1, -0.05) is 6.07 Å². The topological polar surface area (TPSA) is 48.8 Å². The minimum atomic E-state index is -0.411. The fourth-order valence-electron chi connectivity index (χ4n) is 1.95. The predicted molar refractivity (Wildman–Crippen MR) is 56.4 cm³/mol. The van der Waals surface area contributed by atoms with Crippen LogP contribution in [-0.4, -0.2) is 18.2 Å². The first-order valence-corrected chi connectivity index (χ1v) is 4.91. The number of rotatable bonds is 1. The number of aromatic amines is 1. The third-order valence-electron chi connectivity index (χ3n) is 3.02. The lowest BCUT2D eigenvalue weighted by molar-refractivity contribution is -0.0297. The summed E-state index contributed by atoms with van der Waals surface area (Å²) in [6.07, 6.45) is 1.91. The van der Waals surface area contributed by atoms with Crippen molar-refractivity contribution >= 4 is 10.9 Å². The van der Waals surface area contributed by atoms with Gasteiger partial charge in [0.05, 0.1) is 19.3 Å². The second-order valence-corrected chi connectivity index (χ2v) is 3.97. The van der Waals surface area contributed by atoms with E-state index in [-0.39, 0.29) is 0 Å². The van der Waals surface area contributed by atoms with Crippen molar-refractivity contribution in [2.75, 3.05) is 13.2 Å². The number of hydrogen-bond acceptors (Lipinski definition) is 2. The Morgan fingerprint density at radius 2 is 2.20 bits per heavy atom. The first-order valence-electron chi connectivity index (χ1n) is 4.91. The highest BCUT2D eigenvalue weighted by atomic mass is 16.5. The van der Waals surface area contributed by atoms with E-state index in [1.807, 2.05) is 24.4 Å². The molecule has 0 aliphatic carbocycles. The molecule has 1 aromatic heterocycles. The van der Waals surface area contributed by atoms with Gasteiger partial charge in [0.1, 0.15) is 5.41 Å². The van der Waals surface area contributed by atoms with E-state index >= 15 is 0 Å². The zero-order chi connectivity index (χ0) is 10.3. The second kappa shape index (κ2) is 2.85. The Labute approximate surface area is 87.3 Å². The smallest absolute Gasteiger partial charge is 0.129 e. The summed E-state index contributed by atoms with van der Waals surface area (Å²) in [5, 5.41) is 10.3. The molecule has 0 bridgehead atoms. The summed E-state index contributed by atoms with van der Waals surface area (Å²) in [5.74, 6) is 0. The Hall–Kier alpha value is -1.79. The minimum Gasteiger partial charge on any atom is -0.377 e. The van der Waals surface area contributed by atoms with Gasteiger partial charge in [-0.05, 0) is 29.1 Å². The van der Waals surface area contributed by atoms with Gasteiger partial charge in [0.25, 0.3) is 0 Å². The van der Waals surface area contributed by atoms with Gasteiger partial charge in [-0.15, -0.1) is 0 Å². The van der Waals surface area contributed by atoms with Crippen LogP contribution in [0, 0.1) is 11.3 Å². The van der Waals surface area contributed by atoms with Crippen molar-refractivity contribution in [3.8, 4) is 6.07 Å². The lowest BCUT2D eigenvalue weighted by atomic mass is 9.80. The van der Waals surface area contributed by atoms with Crippen LogP contribution in [0.5, 0.6) is 0 Å². The van der Waals surface area contributed by atoms with Gasteiger partial charge in [-0.2, -0.15) is 5.26 Å². The summed E-state index contributed by atoms with van der Waals surface area (Å²) in [4.78, 5) is 3.14. The fraction of sp³-hybridized carbons (Fsp3) is 0.250. The molecule has 1 aliphatic rings. The van der Waals surface area contributed by atoms with Gasteiger partial charge in [0.15, 0.2) is 0 Å². The van der Waals surface area contributed by atoms with E-state index in [2.05, 4.69) is 17.1 Å². The van der Waals surface area contributed by atoms with Crippen LogP contribution in [0.3, 0.4) is 0 Å². The average Bonchev–Trinajstić information content (AvgIpc) is 2.64. The first kappa shape index (κ1) is 8.51. The molecular formula is C12H10N2O. The average molecular weight is 198 g/mol. The molecule has 1 aliphatic heterocycles. The van der Waals surface area contributed by atoms with Crippen molar-refractivity contribution < 1.29 is 4.74 Å². The monoisotopic (exact) mass is 198 g/mol.